The highest BCUT2D eigenvalue weighted by Crippen LogP contribution is 2.29. The predicted molar refractivity (Wildman–Crippen MR) is 305 cm³/mol. The first-order valence-corrected chi connectivity index (χ1v) is 30.3. The van der Waals surface area contributed by atoms with Crippen molar-refractivity contribution in [3.8, 4) is 0 Å². The lowest BCUT2D eigenvalue weighted by Crippen LogP contribution is -2.70. The lowest BCUT2D eigenvalue weighted by molar-refractivity contribution is -0.272. The molecular formula is C55H96N8O27. The van der Waals surface area contributed by atoms with Gasteiger partial charge in [-0.05, 0) is 45.4 Å². The van der Waals surface area contributed by atoms with E-state index in [1.54, 1.807) is 0 Å². The molecule has 4 aliphatic rings. The monoisotopic (exact) mass is 1300 g/mol. The zero-order valence-electron chi connectivity index (χ0n) is 51.4. The lowest BCUT2D eigenvalue weighted by atomic mass is 9.86. The van der Waals surface area contributed by atoms with Gasteiger partial charge in [-0.25, -0.2) is 0 Å². The maximum Gasteiger partial charge on any atom is 0.242 e. The molecule has 1 saturated carbocycles. The second-order valence-corrected chi connectivity index (χ2v) is 22.0. The van der Waals surface area contributed by atoms with Crippen LogP contribution in [0.4, 0.5) is 0 Å². The first-order valence-electron chi connectivity index (χ1n) is 30.3. The number of nitrogens with one attached hydrogen (secondary N) is 8. The SMILES string of the molecule is CCOC1CCC(C(=O)NC(CCC(=O)NC(CCC(=O)NCCOCCOC2OC(CO)C(O)C(O)C2NC(C)=O)C(=O)NCCOCCOC2OC(CO)C(O)C(O)C2NC(C)=O)C(=O)NCCOCCOC2(NC(C)=O)COC(CO)C(O)C2O)CC1. The maximum atomic E-state index is 13.8. The Labute approximate surface area is 520 Å². The molecule has 0 spiro atoms. The number of aliphatic hydroxyl groups is 9. The predicted octanol–water partition coefficient (Wildman–Crippen LogP) is -8.61. The molecule has 90 heavy (non-hydrogen) atoms. The number of amides is 8. The Hall–Kier alpha value is -5.00. The molecule has 1 aliphatic carbocycles. The van der Waals surface area contributed by atoms with Crippen LogP contribution in [-0.2, 0) is 85.7 Å². The highest BCUT2D eigenvalue weighted by molar-refractivity contribution is 5.90. The topological polar surface area (TPSA) is 507 Å². The quantitative estimate of drug-likeness (QED) is 0.0200. The Balaban J connectivity index is 1.34. The van der Waals surface area contributed by atoms with E-state index in [4.69, 9.17) is 47.4 Å². The van der Waals surface area contributed by atoms with Gasteiger partial charge >= 0.3 is 0 Å². The summed E-state index contributed by atoms with van der Waals surface area (Å²) in [7, 11) is 0. The van der Waals surface area contributed by atoms with E-state index >= 15 is 0 Å². The maximum absolute atomic E-state index is 13.8. The Kier molecular flexibility index (Phi) is 35.2. The van der Waals surface area contributed by atoms with Gasteiger partial charge in [0, 0.05) is 65.8 Å². The fraction of sp³-hybridized carbons (Fsp3) is 0.855. The number of hydrogen-bond acceptors (Lipinski definition) is 27. The molecule has 8 amide bonds. The molecule has 518 valence electrons. The summed E-state index contributed by atoms with van der Waals surface area (Å²) in [5.74, 6) is -5.19. The van der Waals surface area contributed by atoms with Crippen molar-refractivity contribution >= 4 is 47.3 Å². The highest BCUT2D eigenvalue weighted by Gasteiger charge is 2.52. The summed E-state index contributed by atoms with van der Waals surface area (Å²) in [5.41, 5.74) is -1.86. The summed E-state index contributed by atoms with van der Waals surface area (Å²) < 4.78 is 55.9. The third-order valence-electron chi connectivity index (χ3n) is 15.1. The number of aliphatic hydroxyl groups excluding tert-OH is 9. The number of rotatable bonds is 40. The minimum Gasteiger partial charge on any atom is -0.394 e. The summed E-state index contributed by atoms with van der Waals surface area (Å²) in [6, 6.07) is -4.92. The zero-order chi connectivity index (χ0) is 66.3. The Morgan fingerprint density at radius 1 is 0.522 bits per heavy atom. The molecule has 17 N–H and O–H groups in total. The molecule has 3 saturated heterocycles. The van der Waals surface area contributed by atoms with Crippen molar-refractivity contribution in [3.63, 3.8) is 0 Å². The van der Waals surface area contributed by atoms with E-state index in [1.165, 1.54) is 20.8 Å². The first-order chi connectivity index (χ1) is 43.0. The molecule has 3 aliphatic heterocycles. The molecule has 0 aromatic carbocycles. The second-order valence-electron chi connectivity index (χ2n) is 22.0. The first kappa shape index (κ1) is 77.4. The van der Waals surface area contributed by atoms with Crippen LogP contribution in [0.25, 0.3) is 0 Å². The van der Waals surface area contributed by atoms with E-state index in [0.717, 1.165) is 0 Å². The van der Waals surface area contributed by atoms with Gasteiger partial charge in [0.25, 0.3) is 0 Å². The lowest BCUT2D eigenvalue weighted by Gasteiger charge is -2.45. The Morgan fingerprint density at radius 3 is 1.46 bits per heavy atom. The van der Waals surface area contributed by atoms with Crippen LogP contribution >= 0.6 is 0 Å². The van der Waals surface area contributed by atoms with Crippen LogP contribution in [0.3, 0.4) is 0 Å². The number of carbonyl (C=O) groups excluding carboxylic acids is 8. The van der Waals surface area contributed by atoms with Gasteiger partial charge in [-0.1, -0.05) is 0 Å². The third kappa shape index (κ3) is 25.5. The van der Waals surface area contributed by atoms with E-state index in [1.807, 2.05) is 6.92 Å². The largest absolute Gasteiger partial charge is 0.394 e. The summed E-state index contributed by atoms with van der Waals surface area (Å²) >= 11 is 0. The molecule has 3 heterocycles. The smallest absolute Gasteiger partial charge is 0.242 e. The van der Waals surface area contributed by atoms with E-state index < -0.39 is 183 Å². The molecular weight excluding hydrogens is 1200 g/mol. The number of ether oxygens (including phenoxy) is 10. The van der Waals surface area contributed by atoms with Crippen LogP contribution < -0.4 is 42.5 Å². The molecule has 35 heteroatoms. The molecule has 35 nitrogen and oxygen atoms in total. The van der Waals surface area contributed by atoms with Crippen molar-refractivity contribution < 1.29 is 132 Å². The van der Waals surface area contributed by atoms with Gasteiger partial charge in [0.15, 0.2) is 18.3 Å². The standard InChI is InChI=1S/C55H96N8O27/c1-5-84-34-8-6-33(7-9-34)50(78)62-36(52(80)58-16-19-83-22-25-88-55(63-32(4)69)29-87-37(26-64)46(74)49(55)77)11-13-41(71)61-35(51(79)57-15-18-82-21-24-86-54-43(60-31(3)68)48(76)45(73)39(28-66)90-54)10-12-40(70)56-14-17-81-20-23-85-53-42(59-30(2)67)47(75)44(72)38(27-65)89-53/h33-39,42-49,53-54,64-66,72-77H,5-29H2,1-4H3,(H,56,70)(H,57,79)(H,58,80)(H,59,67)(H,60,68)(H,61,71)(H,62,78)(H,63,69). The summed E-state index contributed by atoms with van der Waals surface area (Å²) in [5, 5.41) is 112. The van der Waals surface area contributed by atoms with Gasteiger partial charge in [-0.3, -0.25) is 38.4 Å². The summed E-state index contributed by atoms with van der Waals surface area (Å²) in [6.45, 7) is 2.45. The highest BCUT2D eigenvalue weighted by atomic mass is 16.7. The average molecular weight is 1300 g/mol. The summed E-state index contributed by atoms with van der Waals surface area (Å²) in [6.07, 6.45) is -14.3. The molecule has 16 unspecified atom stereocenters. The molecule has 16 atom stereocenters. The van der Waals surface area contributed by atoms with Gasteiger partial charge < -0.3 is 136 Å². The minimum absolute atomic E-state index is 0.00965. The normalized spacial score (nSPS) is 30.0. The van der Waals surface area contributed by atoms with Crippen molar-refractivity contribution in [2.45, 2.75) is 183 Å². The van der Waals surface area contributed by atoms with Crippen molar-refractivity contribution in [3.05, 3.63) is 0 Å². The fourth-order valence-electron chi connectivity index (χ4n) is 10.3. The zero-order valence-corrected chi connectivity index (χ0v) is 51.4. The van der Waals surface area contributed by atoms with Gasteiger partial charge in [0.2, 0.25) is 47.3 Å². The number of carbonyl (C=O) groups is 8. The average Bonchev–Trinajstić information content (AvgIpc) is 0.965. The molecule has 0 bridgehead atoms. The van der Waals surface area contributed by atoms with Crippen LogP contribution in [0.15, 0.2) is 0 Å². The molecule has 0 aromatic rings. The van der Waals surface area contributed by atoms with Crippen LogP contribution in [0.2, 0.25) is 0 Å². The molecule has 4 fully saturated rings. The van der Waals surface area contributed by atoms with E-state index in [0.29, 0.717) is 32.3 Å². The van der Waals surface area contributed by atoms with Crippen LogP contribution in [0.5, 0.6) is 0 Å². The van der Waals surface area contributed by atoms with Crippen molar-refractivity contribution in [2.24, 2.45) is 5.92 Å². The van der Waals surface area contributed by atoms with E-state index in [-0.39, 0.29) is 104 Å². The fourth-order valence-corrected chi connectivity index (χ4v) is 10.3. The molecule has 0 aromatic heterocycles. The van der Waals surface area contributed by atoms with Gasteiger partial charge in [0.05, 0.1) is 92.0 Å². The Morgan fingerprint density at radius 2 is 0.989 bits per heavy atom. The molecule has 0 radical (unpaired) electrons. The Bertz CT molecular complexity index is 2210. The third-order valence-corrected chi connectivity index (χ3v) is 15.1. The molecule has 4 rings (SSSR count). The van der Waals surface area contributed by atoms with E-state index in [2.05, 4.69) is 42.5 Å². The van der Waals surface area contributed by atoms with E-state index in [9.17, 15) is 84.3 Å². The van der Waals surface area contributed by atoms with Crippen molar-refractivity contribution in [1.29, 1.82) is 0 Å². The summed E-state index contributed by atoms with van der Waals surface area (Å²) in [4.78, 5) is 104. The van der Waals surface area contributed by atoms with Crippen molar-refractivity contribution in [2.75, 3.05) is 112 Å². The number of hydrogen-bond donors (Lipinski definition) is 17. The van der Waals surface area contributed by atoms with Crippen molar-refractivity contribution in [1.82, 2.24) is 42.5 Å². The van der Waals surface area contributed by atoms with Crippen LogP contribution in [0, 0.1) is 5.92 Å². The van der Waals surface area contributed by atoms with Gasteiger partial charge in [0.1, 0.15) is 79.1 Å². The second kappa shape index (κ2) is 40.9. The minimum atomic E-state index is -1.86. The van der Waals surface area contributed by atoms with Gasteiger partial charge in [-0.15, -0.1) is 0 Å². The van der Waals surface area contributed by atoms with Gasteiger partial charge in [-0.2, -0.15) is 0 Å². The van der Waals surface area contributed by atoms with Crippen LogP contribution in [-0.4, -0.2) is 309 Å². The van der Waals surface area contributed by atoms with Crippen LogP contribution in [0.1, 0.15) is 79.1 Å².